The molecule has 2 heteroatoms. The van der Waals surface area contributed by atoms with Crippen molar-refractivity contribution in [3.63, 3.8) is 0 Å². The molecule has 1 aromatic carbocycles. The summed E-state index contributed by atoms with van der Waals surface area (Å²) in [7, 11) is 0. The highest BCUT2D eigenvalue weighted by Gasteiger charge is 2.10. The highest BCUT2D eigenvalue weighted by Crippen LogP contribution is 2.18. The number of hydrogen-bond donors (Lipinski definition) is 1. The Morgan fingerprint density at radius 3 is 2.33 bits per heavy atom. The van der Waals surface area contributed by atoms with E-state index in [1.54, 1.807) is 12.1 Å². The zero-order valence-electron chi connectivity index (χ0n) is 7.24. The maximum Gasteiger partial charge on any atom is 0.335 e. The van der Waals surface area contributed by atoms with Crippen molar-refractivity contribution < 1.29 is 9.90 Å². The minimum atomic E-state index is -0.848. The van der Waals surface area contributed by atoms with E-state index >= 15 is 0 Å². The van der Waals surface area contributed by atoms with Gasteiger partial charge >= 0.3 is 5.97 Å². The van der Waals surface area contributed by atoms with Gasteiger partial charge in [-0.3, -0.25) is 0 Å². The van der Waals surface area contributed by atoms with Crippen LogP contribution in [-0.4, -0.2) is 11.1 Å². The van der Waals surface area contributed by atoms with Gasteiger partial charge in [-0.15, -0.1) is 0 Å². The first kappa shape index (κ1) is 8.78. The molecule has 0 saturated carbocycles. The fourth-order valence-electron chi connectivity index (χ4n) is 1.20. The van der Waals surface area contributed by atoms with Gasteiger partial charge in [0, 0.05) is 0 Å². The van der Waals surface area contributed by atoms with Crippen LogP contribution < -0.4 is 0 Å². The third-order valence-electron chi connectivity index (χ3n) is 1.81. The third-order valence-corrected chi connectivity index (χ3v) is 1.81. The van der Waals surface area contributed by atoms with Crippen LogP contribution in [0.1, 0.15) is 35.7 Å². The van der Waals surface area contributed by atoms with Crippen LogP contribution in [-0.2, 0) is 0 Å². The lowest BCUT2D eigenvalue weighted by molar-refractivity contribution is 0.0695. The van der Waals surface area contributed by atoms with Crippen molar-refractivity contribution in [3.8, 4) is 0 Å². The van der Waals surface area contributed by atoms with Gasteiger partial charge in [0.05, 0.1) is 5.56 Å². The maximum absolute atomic E-state index is 10.7. The summed E-state index contributed by atoms with van der Waals surface area (Å²) >= 11 is 0. The molecule has 0 spiro atoms. The molecule has 0 heterocycles. The Labute approximate surface area is 71.8 Å². The number of benzene rings is 1. The standard InChI is InChI=1S/C10H12O2/c1-7(2)8-5-3-4-6-9(8)10(11)12/h3-7H,1-2H3,(H,11,12). The number of rotatable bonds is 2. The Kier molecular flexibility index (Phi) is 2.48. The van der Waals surface area contributed by atoms with E-state index in [1.165, 1.54) is 0 Å². The largest absolute Gasteiger partial charge is 0.478 e. The molecule has 1 aromatic rings. The van der Waals surface area contributed by atoms with Gasteiger partial charge in [0.15, 0.2) is 0 Å². The highest BCUT2D eigenvalue weighted by molar-refractivity contribution is 5.89. The van der Waals surface area contributed by atoms with Gasteiger partial charge in [-0.2, -0.15) is 0 Å². The van der Waals surface area contributed by atoms with Gasteiger partial charge in [-0.1, -0.05) is 32.0 Å². The molecule has 0 aliphatic rings. The molecule has 64 valence electrons. The smallest absolute Gasteiger partial charge is 0.335 e. The first-order chi connectivity index (χ1) is 5.63. The molecule has 0 aliphatic carbocycles. The summed E-state index contributed by atoms with van der Waals surface area (Å²) in [5, 5.41) is 8.81. The number of aromatic carboxylic acids is 1. The lowest BCUT2D eigenvalue weighted by Crippen LogP contribution is -2.02. The zero-order chi connectivity index (χ0) is 9.14. The number of hydrogen-bond acceptors (Lipinski definition) is 1. The van der Waals surface area contributed by atoms with E-state index in [-0.39, 0.29) is 5.92 Å². The van der Waals surface area contributed by atoms with Crippen molar-refractivity contribution in [2.75, 3.05) is 0 Å². The molecule has 0 saturated heterocycles. The summed E-state index contributed by atoms with van der Waals surface area (Å²) < 4.78 is 0. The lowest BCUT2D eigenvalue weighted by atomic mass is 9.97. The molecule has 1 rings (SSSR count). The minimum absolute atomic E-state index is 0.261. The minimum Gasteiger partial charge on any atom is -0.478 e. The summed E-state index contributed by atoms with van der Waals surface area (Å²) in [6.45, 7) is 3.98. The molecule has 0 aromatic heterocycles. The second-order valence-electron chi connectivity index (χ2n) is 3.05. The molecule has 0 fully saturated rings. The third kappa shape index (κ3) is 1.64. The lowest BCUT2D eigenvalue weighted by Gasteiger charge is -2.07. The Balaban J connectivity index is 3.17. The number of carbonyl (C=O) groups is 1. The van der Waals surface area contributed by atoms with Gasteiger partial charge in [-0.25, -0.2) is 4.79 Å². The summed E-state index contributed by atoms with van der Waals surface area (Å²) in [4.78, 5) is 10.7. The fraction of sp³-hybridized carbons (Fsp3) is 0.300. The van der Waals surface area contributed by atoms with Crippen LogP contribution in [0.4, 0.5) is 0 Å². The van der Waals surface area contributed by atoms with E-state index < -0.39 is 5.97 Å². The van der Waals surface area contributed by atoms with Gasteiger partial charge in [0.1, 0.15) is 0 Å². The Bertz CT molecular complexity index is 290. The Hall–Kier alpha value is -1.31. The second-order valence-corrected chi connectivity index (χ2v) is 3.05. The van der Waals surface area contributed by atoms with Crippen LogP contribution in [0, 0.1) is 0 Å². The Morgan fingerprint density at radius 2 is 1.92 bits per heavy atom. The predicted molar refractivity (Wildman–Crippen MR) is 47.5 cm³/mol. The van der Waals surface area contributed by atoms with Crippen LogP contribution >= 0.6 is 0 Å². The molecule has 0 bridgehead atoms. The van der Waals surface area contributed by atoms with Crippen LogP contribution in [0.2, 0.25) is 0 Å². The van der Waals surface area contributed by atoms with E-state index in [2.05, 4.69) is 0 Å². The molecule has 2 nitrogen and oxygen atoms in total. The van der Waals surface area contributed by atoms with Gasteiger partial charge in [0.2, 0.25) is 0 Å². The predicted octanol–water partition coefficient (Wildman–Crippen LogP) is 2.51. The topological polar surface area (TPSA) is 37.3 Å². The molecule has 0 radical (unpaired) electrons. The Morgan fingerprint density at radius 1 is 1.33 bits per heavy atom. The van der Waals surface area contributed by atoms with E-state index in [4.69, 9.17) is 5.11 Å². The van der Waals surface area contributed by atoms with Crippen LogP contribution in [0.3, 0.4) is 0 Å². The molecule has 1 N–H and O–H groups in total. The molecular weight excluding hydrogens is 152 g/mol. The average Bonchev–Trinajstić information content (AvgIpc) is 2.04. The van der Waals surface area contributed by atoms with Gasteiger partial charge < -0.3 is 5.11 Å². The maximum atomic E-state index is 10.7. The highest BCUT2D eigenvalue weighted by atomic mass is 16.4. The van der Waals surface area contributed by atoms with Crippen molar-refractivity contribution in [1.82, 2.24) is 0 Å². The van der Waals surface area contributed by atoms with E-state index in [1.807, 2.05) is 26.0 Å². The first-order valence-electron chi connectivity index (χ1n) is 3.95. The summed E-state index contributed by atoms with van der Waals surface area (Å²) in [5.41, 5.74) is 1.30. The van der Waals surface area contributed by atoms with Gasteiger partial charge in [-0.05, 0) is 17.5 Å². The SMILES string of the molecule is CC(C)c1ccccc1C(=O)O. The second kappa shape index (κ2) is 3.39. The van der Waals surface area contributed by atoms with E-state index in [0.29, 0.717) is 5.56 Å². The quantitative estimate of drug-likeness (QED) is 0.729. The number of carboxylic acids is 1. The van der Waals surface area contributed by atoms with Crippen molar-refractivity contribution in [2.24, 2.45) is 0 Å². The van der Waals surface area contributed by atoms with E-state index in [9.17, 15) is 4.79 Å². The van der Waals surface area contributed by atoms with Crippen LogP contribution in [0.15, 0.2) is 24.3 Å². The van der Waals surface area contributed by atoms with Gasteiger partial charge in [0.25, 0.3) is 0 Å². The van der Waals surface area contributed by atoms with Crippen molar-refractivity contribution in [2.45, 2.75) is 19.8 Å². The molecule has 0 aliphatic heterocycles. The average molecular weight is 164 g/mol. The number of carboxylic acid groups (broad SMARTS) is 1. The summed E-state index contributed by atoms with van der Waals surface area (Å²) in [6, 6.07) is 7.10. The van der Waals surface area contributed by atoms with E-state index in [0.717, 1.165) is 5.56 Å². The zero-order valence-corrected chi connectivity index (χ0v) is 7.24. The molecular formula is C10H12O2. The molecule has 0 amide bonds. The van der Waals surface area contributed by atoms with Crippen molar-refractivity contribution >= 4 is 5.97 Å². The summed E-state index contributed by atoms with van der Waals surface area (Å²) in [5.74, 6) is -0.586. The molecule has 0 unspecified atom stereocenters. The normalized spacial score (nSPS) is 10.2. The first-order valence-corrected chi connectivity index (χ1v) is 3.95. The van der Waals surface area contributed by atoms with Crippen molar-refractivity contribution in [3.05, 3.63) is 35.4 Å². The van der Waals surface area contributed by atoms with Crippen LogP contribution in [0.25, 0.3) is 0 Å². The van der Waals surface area contributed by atoms with Crippen molar-refractivity contribution in [1.29, 1.82) is 0 Å². The van der Waals surface area contributed by atoms with Crippen LogP contribution in [0.5, 0.6) is 0 Å². The molecule has 12 heavy (non-hydrogen) atoms. The monoisotopic (exact) mass is 164 g/mol. The summed E-state index contributed by atoms with van der Waals surface area (Å²) in [6.07, 6.45) is 0. The fourth-order valence-corrected chi connectivity index (χ4v) is 1.20. The molecule has 0 atom stereocenters.